The van der Waals surface area contributed by atoms with Crippen molar-refractivity contribution in [3.63, 3.8) is 0 Å². The van der Waals surface area contributed by atoms with Crippen LogP contribution in [0.1, 0.15) is 13.8 Å². The highest BCUT2D eigenvalue weighted by atomic mass is 19.1. The van der Waals surface area contributed by atoms with E-state index in [1.54, 1.807) is 13.8 Å². The molecule has 0 aliphatic carbocycles. The molecule has 1 rings (SSSR count). The summed E-state index contributed by atoms with van der Waals surface area (Å²) in [5, 5.41) is 0. The lowest BCUT2D eigenvalue weighted by molar-refractivity contribution is -0.168. The summed E-state index contributed by atoms with van der Waals surface area (Å²) in [5.41, 5.74) is 0. The van der Waals surface area contributed by atoms with Crippen LogP contribution in [-0.4, -0.2) is 30.5 Å². The van der Waals surface area contributed by atoms with E-state index in [0.717, 1.165) is 0 Å². The number of halogens is 1. The van der Waals surface area contributed by atoms with Crippen molar-refractivity contribution in [2.24, 2.45) is 0 Å². The second kappa shape index (κ2) is 9.21. The van der Waals surface area contributed by atoms with Crippen LogP contribution in [0.15, 0.2) is 24.5 Å². The summed E-state index contributed by atoms with van der Waals surface area (Å²) in [6.45, 7) is 3.55. The highest BCUT2D eigenvalue weighted by Crippen LogP contribution is 1.96. The zero-order valence-corrected chi connectivity index (χ0v) is 8.90. The normalized spacial score (nSPS) is 11.1. The van der Waals surface area contributed by atoms with Gasteiger partial charge < -0.3 is 14.5 Å². The zero-order valence-electron chi connectivity index (χ0n) is 8.90. The first-order chi connectivity index (χ1) is 7.22. The molecule has 15 heavy (non-hydrogen) atoms. The van der Waals surface area contributed by atoms with Crippen LogP contribution in [0.25, 0.3) is 0 Å². The highest BCUT2D eigenvalue weighted by Gasteiger charge is 2.17. The molecule has 0 aromatic carbocycles. The molecule has 1 atom stereocenters. The van der Waals surface area contributed by atoms with Gasteiger partial charge in [0.15, 0.2) is 0 Å². The van der Waals surface area contributed by atoms with E-state index in [0.29, 0.717) is 0 Å². The van der Waals surface area contributed by atoms with E-state index in [9.17, 15) is 9.18 Å². The molecule has 86 valence electrons. The molecular weight excluding hydrogens is 201 g/mol. The Bertz CT molecular complexity index is 222. The number of esters is 1. The van der Waals surface area contributed by atoms with Crippen molar-refractivity contribution in [2.45, 2.75) is 20.2 Å². The Morgan fingerprint density at radius 1 is 1.33 bits per heavy atom. The van der Waals surface area contributed by atoms with Gasteiger partial charge in [-0.15, -0.1) is 0 Å². The quantitative estimate of drug-likeness (QED) is 0.783. The molecule has 0 aliphatic heterocycles. The number of carbonyl (C=O) groups excluding carboxylic acids is 1. The van der Waals surface area contributed by atoms with Crippen molar-refractivity contribution in [3.05, 3.63) is 24.5 Å². The molecule has 1 unspecified atom stereocenters. The minimum atomic E-state index is -1.93. The molecule has 1 aromatic rings. The van der Waals surface area contributed by atoms with Crippen molar-refractivity contribution >= 4 is 5.97 Å². The number of hydrogen-bond acceptors (Lipinski definition) is 3. The fourth-order valence-corrected chi connectivity index (χ4v) is 0.700. The number of H-pyrrole nitrogens is 1. The van der Waals surface area contributed by atoms with Crippen LogP contribution in [0.5, 0.6) is 0 Å². The van der Waals surface area contributed by atoms with Crippen LogP contribution in [0.4, 0.5) is 4.39 Å². The summed E-state index contributed by atoms with van der Waals surface area (Å²) >= 11 is 0. The third kappa shape index (κ3) is 7.69. The molecule has 4 nitrogen and oxygen atoms in total. The molecule has 0 spiro atoms. The Hall–Kier alpha value is -1.36. The minimum Gasteiger partial charge on any atom is -0.462 e. The van der Waals surface area contributed by atoms with Gasteiger partial charge in [0, 0.05) is 19.0 Å². The maximum atomic E-state index is 12.3. The van der Waals surface area contributed by atoms with Crippen molar-refractivity contribution in [3.8, 4) is 0 Å². The summed E-state index contributed by atoms with van der Waals surface area (Å²) in [5.74, 6) is -0.954. The van der Waals surface area contributed by atoms with E-state index in [2.05, 4.69) is 14.5 Å². The number of rotatable bonds is 4. The smallest absolute Gasteiger partial charge is 0.368 e. The summed E-state index contributed by atoms with van der Waals surface area (Å²) in [6.07, 6.45) is 1.82. The van der Waals surface area contributed by atoms with E-state index >= 15 is 0 Å². The van der Waals surface area contributed by atoms with Crippen molar-refractivity contribution in [1.29, 1.82) is 0 Å². The third-order valence-electron chi connectivity index (χ3n) is 1.28. The Balaban J connectivity index is 0.000000322. The molecule has 0 amide bonds. The van der Waals surface area contributed by atoms with Gasteiger partial charge in [-0.25, -0.2) is 9.18 Å². The zero-order chi connectivity index (χ0) is 11.5. The van der Waals surface area contributed by atoms with Gasteiger partial charge in [-0.05, 0) is 26.0 Å². The summed E-state index contributed by atoms with van der Waals surface area (Å²) in [7, 11) is 0. The largest absolute Gasteiger partial charge is 0.462 e. The van der Waals surface area contributed by atoms with Crippen LogP contribution >= 0.6 is 0 Å². The predicted octanol–water partition coefficient (Wildman–Crippen LogP) is 1.90. The van der Waals surface area contributed by atoms with Crippen molar-refractivity contribution in [2.75, 3.05) is 13.2 Å². The van der Waals surface area contributed by atoms with Gasteiger partial charge in [0.25, 0.3) is 6.36 Å². The van der Waals surface area contributed by atoms with Crippen LogP contribution in [0.3, 0.4) is 0 Å². The Morgan fingerprint density at radius 3 is 2.27 bits per heavy atom. The van der Waals surface area contributed by atoms with E-state index in [-0.39, 0.29) is 13.2 Å². The van der Waals surface area contributed by atoms with Crippen molar-refractivity contribution < 1.29 is 18.7 Å². The number of hydrogen-bond donors (Lipinski definition) is 1. The molecule has 0 bridgehead atoms. The van der Waals surface area contributed by atoms with E-state index in [1.807, 2.05) is 24.5 Å². The van der Waals surface area contributed by atoms with Gasteiger partial charge in [-0.2, -0.15) is 0 Å². The molecule has 0 aliphatic rings. The first-order valence-electron chi connectivity index (χ1n) is 4.72. The molecule has 0 saturated carbocycles. The Kier molecular flexibility index (Phi) is 8.37. The molecule has 0 fully saturated rings. The Morgan fingerprint density at radius 2 is 1.93 bits per heavy atom. The second-order valence-electron chi connectivity index (χ2n) is 2.41. The fraction of sp³-hybridized carbons (Fsp3) is 0.500. The predicted molar refractivity (Wildman–Crippen MR) is 53.9 cm³/mol. The SMILES string of the molecule is CCOC(=O)C(F)OCC.c1cc[nH]c1. The van der Waals surface area contributed by atoms with Gasteiger partial charge in [0.2, 0.25) is 0 Å². The number of ether oxygens (including phenoxy) is 2. The van der Waals surface area contributed by atoms with E-state index in [4.69, 9.17) is 0 Å². The van der Waals surface area contributed by atoms with Crippen LogP contribution in [0.2, 0.25) is 0 Å². The topological polar surface area (TPSA) is 51.3 Å². The summed E-state index contributed by atoms with van der Waals surface area (Å²) in [4.78, 5) is 13.3. The van der Waals surface area contributed by atoms with E-state index < -0.39 is 12.3 Å². The van der Waals surface area contributed by atoms with Gasteiger partial charge in [0.1, 0.15) is 0 Å². The number of nitrogens with one attached hydrogen (secondary N) is 1. The van der Waals surface area contributed by atoms with Crippen LogP contribution < -0.4 is 0 Å². The average Bonchev–Trinajstić information content (AvgIpc) is 2.76. The van der Waals surface area contributed by atoms with Crippen LogP contribution in [0, 0.1) is 0 Å². The van der Waals surface area contributed by atoms with E-state index in [1.165, 1.54) is 0 Å². The van der Waals surface area contributed by atoms with Crippen LogP contribution in [-0.2, 0) is 14.3 Å². The minimum absolute atomic E-state index is 0.167. The summed E-state index contributed by atoms with van der Waals surface area (Å²) in [6, 6.07) is 3.89. The lowest BCUT2D eigenvalue weighted by Gasteiger charge is -2.05. The van der Waals surface area contributed by atoms with Gasteiger partial charge in [-0.1, -0.05) is 0 Å². The standard InChI is InChI=1S/C6H11FO3.C4H5N/c1-3-9-5(7)6(8)10-4-2;1-2-4-5-3-1/h5H,3-4H2,1-2H3;1-5H. The monoisotopic (exact) mass is 217 g/mol. The molecule has 1 heterocycles. The highest BCUT2D eigenvalue weighted by molar-refractivity contribution is 5.72. The second-order valence-corrected chi connectivity index (χ2v) is 2.41. The number of carbonyl (C=O) groups is 1. The molecule has 0 radical (unpaired) electrons. The lowest BCUT2D eigenvalue weighted by Crippen LogP contribution is -2.21. The lowest BCUT2D eigenvalue weighted by atomic mass is 10.6. The summed E-state index contributed by atoms with van der Waals surface area (Å²) < 4.78 is 20.9. The first-order valence-corrected chi connectivity index (χ1v) is 4.72. The van der Waals surface area contributed by atoms with Crippen molar-refractivity contribution in [1.82, 2.24) is 4.98 Å². The van der Waals surface area contributed by atoms with Gasteiger partial charge >= 0.3 is 5.97 Å². The molecule has 0 saturated heterocycles. The first kappa shape index (κ1) is 13.6. The van der Waals surface area contributed by atoms with Gasteiger partial charge in [-0.3, -0.25) is 0 Å². The number of alkyl halides is 1. The molecule has 1 aromatic heterocycles. The number of aromatic amines is 1. The maximum absolute atomic E-state index is 12.3. The molecule has 1 N–H and O–H groups in total. The molecule has 5 heteroatoms. The maximum Gasteiger partial charge on any atom is 0.368 e. The Labute approximate surface area is 88.4 Å². The van der Waals surface area contributed by atoms with Gasteiger partial charge in [0.05, 0.1) is 6.61 Å². The number of aromatic nitrogens is 1. The molecular formula is C10H16FNO3. The fourth-order valence-electron chi connectivity index (χ4n) is 0.700. The third-order valence-corrected chi connectivity index (χ3v) is 1.28. The average molecular weight is 217 g/mol.